The van der Waals surface area contributed by atoms with E-state index < -0.39 is 0 Å². The van der Waals surface area contributed by atoms with Gasteiger partial charge in [-0.3, -0.25) is 4.57 Å². The molecule has 0 N–H and O–H groups in total. The van der Waals surface area contributed by atoms with E-state index in [1.165, 1.54) is 27.8 Å². The summed E-state index contributed by atoms with van der Waals surface area (Å²) in [6.45, 7) is 22.6. The molecule has 0 unspecified atom stereocenters. The van der Waals surface area contributed by atoms with Gasteiger partial charge >= 0.3 is 0 Å². The van der Waals surface area contributed by atoms with Crippen LogP contribution in [0.2, 0.25) is 0 Å². The molecule has 10 rings (SSSR count). The Hall–Kier alpha value is -6.81. The predicted octanol–water partition coefficient (Wildman–Crippen LogP) is 15.4. The van der Waals surface area contributed by atoms with Gasteiger partial charge in [0, 0.05) is 61.3 Å². The second kappa shape index (κ2) is 18.5. The van der Waals surface area contributed by atoms with E-state index in [1.807, 2.05) is 12.3 Å². The third-order valence-corrected chi connectivity index (χ3v) is 13.9. The van der Waals surface area contributed by atoms with E-state index >= 15 is 0 Å². The fourth-order valence-corrected chi connectivity index (χ4v) is 9.49. The Labute approximate surface area is 428 Å². The first-order chi connectivity index (χ1) is 32.9. The number of hydrogen-bond acceptors (Lipinski definition) is 2. The van der Waals surface area contributed by atoms with E-state index in [0.29, 0.717) is 11.5 Å². The molecular weight excluding hydrogens is 1040 g/mol. The largest absolute Gasteiger partial charge is 0.510 e. The molecule has 5 nitrogen and oxygen atoms in total. The topological polar surface area (TPSA) is 35.9 Å². The Kier molecular flexibility index (Phi) is 12.7. The van der Waals surface area contributed by atoms with Gasteiger partial charge in [0.1, 0.15) is 5.82 Å². The van der Waals surface area contributed by atoms with Crippen molar-refractivity contribution in [2.75, 3.05) is 0 Å². The Morgan fingerprint density at radius 1 is 0.500 bits per heavy atom. The van der Waals surface area contributed by atoms with Crippen molar-refractivity contribution in [2.24, 2.45) is 0 Å². The molecule has 0 aliphatic rings. The van der Waals surface area contributed by atoms with Gasteiger partial charge in [-0.1, -0.05) is 190 Å². The van der Waals surface area contributed by atoms with Gasteiger partial charge in [-0.25, -0.2) is 4.98 Å². The van der Waals surface area contributed by atoms with Gasteiger partial charge in [-0.15, -0.1) is 29.7 Å². The van der Waals surface area contributed by atoms with Gasteiger partial charge in [-0.05, 0) is 85.6 Å². The SMILES string of the molecule is CC(C)(C)c1cc(Oc2[c-]c3c(cc2)c2cc(-c4ccccc4)ccc2n3-c2cc(C(C)(C)C)ccn2)[c-]c(-n2[c-][n+](-c3cccc(C(C)(C)c4ccccc4)c3)c(C(C)(C)c3ccccc3)c2)c1.[Pt]. The van der Waals surface area contributed by atoms with Gasteiger partial charge in [0.15, 0.2) is 0 Å². The monoisotopic (exact) mass is 1100 g/mol. The van der Waals surface area contributed by atoms with Crippen molar-refractivity contribution in [1.29, 1.82) is 0 Å². The van der Waals surface area contributed by atoms with Crippen LogP contribution in [0.4, 0.5) is 0 Å². The summed E-state index contributed by atoms with van der Waals surface area (Å²) in [5, 5.41) is 2.20. The van der Waals surface area contributed by atoms with Crippen LogP contribution in [-0.2, 0) is 42.7 Å². The second-order valence-corrected chi connectivity index (χ2v) is 21.5. The van der Waals surface area contributed by atoms with Crippen LogP contribution in [0.3, 0.4) is 0 Å². The molecule has 0 saturated heterocycles. The Morgan fingerprint density at radius 3 is 1.81 bits per heavy atom. The number of nitrogens with zero attached hydrogens (tertiary/aromatic N) is 4. The first-order valence-electron chi connectivity index (χ1n) is 24.0. The van der Waals surface area contributed by atoms with Crippen LogP contribution in [0.1, 0.15) is 103 Å². The van der Waals surface area contributed by atoms with E-state index in [2.05, 4.69) is 271 Å². The van der Waals surface area contributed by atoms with Gasteiger partial charge in [-0.2, -0.15) is 17.7 Å². The zero-order valence-electron chi connectivity index (χ0n) is 41.8. The normalized spacial score (nSPS) is 12.3. The van der Waals surface area contributed by atoms with Crippen LogP contribution < -0.4 is 9.30 Å². The summed E-state index contributed by atoms with van der Waals surface area (Å²) in [6.07, 6.45) is 7.93. The predicted molar refractivity (Wildman–Crippen MR) is 282 cm³/mol. The molecule has 3 heterocycles. The average molecular weight is 1100 g/mol. The minimum atomic E-state index is -0.388. The standard InChI is InChI=1S/C64H60N4O.Pt/c1-61(2,3)48-33-34-65-60(39-48)68-57-32-29-45(44-21-14-11-15-22-44)35-56(57)55-31-30-53(41-58(55)68)69-54-38-50(62(4,5)6)37-52(40-54)66-42-59(64(9,10)47-25-18-13-19-26-47)67(43-66)51-28-20-27-49(36-51)63(7,8)46-23-16-12-17-24-46;/h11-39,42H,1-10H3;/q-2;. The maximum Gasteiger partial charge on any atom is 0.267 e. The first-order valence-corrected chi connectivity index (χ1v) is 24.0. The van der Waals surface area contributed by atoms with Gasteiger partial charge < -0.3 is 13.9 Å². The van der Waals surface area contributed by atoms with E-state index in [1.54, 1.807) is 0 Å². The Bertz CT molecular complexity index is 3480. The molecule has 0 saturated carbocycles. The fourth-order valence-electron chi connectivity index (χ4n) is 9.49. The summed E-state index contributed by atoms with van der Waals surface area (Å²) >= 11 is 0. The molecule has 354 valence electrons. The fraction of sp³-hybridized carbons (Fsp3) is 0.219. The number of rotatable bonds is 10. The van der Waals surface area contributed by atoms with Crippen molar-refractivity contribution in [3.8, 4) is 39.8 Å². The molecule has 3 aromatic heterocycles. The van der Waals surface area contributed by atoms with Gasteiger partial charge in [0.2, 0.25) is 0 Å². The van der Waals surface area contributed by atoms with Crippen LogP contribution >= 0.6 is 0 Å². The van der Waals surface area contributed by atoms with E-state index in [0.717, 1.165) is 55.8 Å². The number of hydrogen-bond donors (Lipinski definition) is 0. The quantitative estimate of drug-likeness (QED) is 0.101. The summed E-state index contributed by atoms with van der Waals surface area (Å²) in [7, 11) is 0. The molecule has 0 atom stereocenters. The first kappa shape index (κ1) is 48.2. The zero-order valence-corrected chi connectivity index (χ0v) is 44.1. The molecule has 0 radical (unpaired) electrons. The third kappa shape index (κ3) is 9.20. The maximum absolute atomic E-state index is 6.92. The van der Waals surface area contributed by atoms with Crippen LogP contribution in [0.25, 0.3) is 50.1 Å². The molecule has 6 heteroatoms. The Morgan fingerprint density at radius 2 is 1.14 bits per heavy atom. The van der Waals surface area contributed by atoms with Crippen molar-refractivity contribution < 1.29 is 30.4 Å². The van der Waals surface area contributed by atoms with Gasteiger partial charge in [0.05, 0.1) is 11.4 Å². The van der Waals surface area contributed by atoms with Crippen LogP contribution in [0.5, 0.6) is 11.5 Å². The van der Waals surface area contributed by atoms with E-state index in [9.17, 15) is 0 Å². The summed E-state index contributed by atoms with van der Waals surface area (Å²) in [5.74, 6) is 2.02. The third-order valence-electron chi connectivity index (χ3n) is 13.9. The number of pyridine rings is 1. The van der Waals surface area contributed by atoms with E-state index in [-0.39, 0.29) is 42.7 Å². The number of ether oxygens (including phenoxy) is 1. The maximum atomic E-state index is 6.92. The average Bonchev–Trinajstić information content (AvgIpc) is 3.95. The zero-order chi connectivity index (χ0) is 48.3. The smallest absolute Gasteiger partial charge is 0.267 e. The minimum Gasteiger partial charge on any atom is -0.510 e. The molecule has 10 aromatic rings. The summed E-state index contributed by atoms with van der Waals surface area (Å²) < 4.78 is 13.4. The summed E-state index contributed by atoms with van der Waals surface area (Å²) in [5.41, 5.74) is 12.4. The summed E-state index contributed by atoms with van der Waals surface area (Å²) in [4.78, 5) is 4.96. The van der Waals surface area contributed by atoms with Gasteiger partial charge in [0.25, 0.3) is 6.33 Å². The van der Waals surface area contributed by atoms with Crippen molar-refractivity contribution in [1.82, 2.24) is 14.1 Å². The molecule has 70 heavy (non-hydrogen) atoms. The molecule has 0 spiro atoms. The molecule has 0 aliphatic heterocycles. The van der Waals surface area contributed by atoms with Crippen molar-refractivity contribution in [2.45, 2.75) is 90.9 Å². The molecule has 0 fully saturated rings. The second-order valence-electron chi connectivity index (χ2n) is 21.5. The van der Waals surface area contributed by atoms with Crippen molar-refractivity contribution in [3.05, 3.63) is 234 Å². The summed E-state index contributed by atoms with van der Waals surface area (Å²) in [6, 6.07) is 67.8. The van der Waals surface area contributed by atoms with Crippen molar-refractivity contribution >= 4 is 21.8 Å². The molecular formula is C64H60N4OPt-2. The van der Waals surface area contributed by atoms with Crippen molar-refractivity contribution in [3.63, 3.8) is 0 Å². The number of fused-ring (bicyclic) bond motifs is 3. The molecule has 0 aliphatic carbocycles. The van der Waals surface area contributed by atoms with Crippen LogP contribution in [0, 0.1) is 18.5 Å². The van der Waals surface area contributed by atoms with Crippen LogP contribution in [0.15, 0.2) is 182 Å². The Balaban J connectivity index is 0.00000608. The number of benzene rings is 7. The van der Waals surface area contributed by atoms with Crippen LogP contribution in [-0.4, -0.2) is 14.1 Å². The molecule has 0 amide bonds. The number of imidazole rings is 1. The van der Waals surface area contributed by atoms with E-state index in [4.69, 9.17) is 9.72 Å². The minimum absolute atomic E-state index is 0. The molecule has 7 aromatic carbocycles. The number of aromatic nitrogens is 4. The molecule has 0 bridgehead atoms.